The Morgan fingerprint density at radius 1 is 1.05 bits per heavy atom. The predicted molar refractivity (Wildman–Crippen MR) is 72.1 cm³/mol. The Morgan fingerprint density at radius 2 is 1.75 bits per heavy atom. The Labute approximate surface area is 122 Å². The van der Waals surface area contributed by atoms with Gasteiger partial charge < -0.3 is 0 Å². The Morgan fingerprint density at radius 3 is 2.35 bits per heavy atom. The van der Waals surface area contributed by atoms with Gasteiger partial charge in [-0.3, -0.25) is 4.79 Å². The number of carbonyl (C=O) groups is 1. The summed E-state index contributed by atoms with van der Waals surface area (Å²) in [6, 6.07) is 8.88. The summed E-state index contributed by atoms with van der Waals surface area (Å²) < 4.78 is 38.1. The van der Waals surface area contributed by atoms with Gasteiger partial charge in [-0.05, 0) is 53.1 Å². The molecule has 0 N–H and O–H groups in total. The van der Waals surface area contributed by atoms with Crippen LogP contribution in [0.5, 0.6) is 0 Å². The molecule has 20 heavy (non-hydrogen) atoms. The zero-order valence-corrected chi connectivity index (χ0v) is 11.4. The zero-order valence-electron chi connectivity index (χ0n) is 9.84. The highest BCUT2D eigenvalue weighted by atomic mass is 35.5. The Kier molecular flexibility index (Phi) is 4.06. The fourth-order valence-electron chi connectivity index (χ4n) is 1.79. The van der Waals surface area contributed by atoms with Crippen LogP contribution in [0, 0.1) is 0 Å². The molecule has 0 spiro atoms. The maximum Gasteiger partial charge on any atom is 0.416 e. The van der Waals surface area contributed by atoms with Crippen molar-refractivity contribution in [2.45, 2.75) is 6.18 Å². The van der Waals surface area contributed by atoms with Crippen LogP contribution in [0.4, 0.5) is 13.2 Å². The summed E-state index contributed by atoms with van der Waals surface area (Å²) in [6.45, 7) is 0. The van der Waals surface area contributed by atoms with E-state index in [1.807, 2.05) is 0 Å². The summed E-state index contributed by atoms with van der Waals surface area (Å²) in [7, 11) is 0. The van der Waals surface area contributed by atoms with Crippen molar-refractivity contribution in [1.29, 1.82) is 0 Å². The van der Waals surface area contributed by atoms with E-state index in [0.717, 1.165) is 12.1 Å². The summed E-state index contributed by atoms with van der Waals surface area (Å²) in [4.78, 5) is 11.3. The van der Waals surface area contributed by atoms with Crippen LogP contribution in [-0.4, -0.2) is 5.24 Å². The molecule has 0 fully saturated rings. The highest BCUT2D eigenvalue weighted by Crippen LogP contribution is 2.34. The smallest absolute Gasteiger partial charge is 0.276 e. The largest absolute Gasteiger partial charge is 0.416 e. The molecule has 0 aliphatic heterocycles. The molecule has 0 amide bonds. The van der Waals surface area contributed by atoms with Crippen molar-refractivity contribution in [1.82, 2.24) is 0 Å². The third-order valence-electron chi connectivity index (χ3n) is 2.69. The Bertz CT molecular complexity index is 666. The van der Waals surface area contributed by atoms with E-state index in [-0.39, 0.29) is 16.7 Å². The van der Waals surface area contributed by atoms with Crippen molar-refractivity contribution in [3.63, 3.8) is 0 Å². The number of rotatable bonds is 2. The minimum atomic E-state index is -4.46. The van der Waals surface area contributed by atoms with Crippen LogP contribution in [0.25, 0.3) is 11.1 Å². The van der Waals surface area contributed by atoms with E-state index >= 15 is 0 Å². The third kappa shape index (κ3) is 3.14. The van der Waals surface area contributed by atoms with Gasteiger partial charge in [0.05, 0.1) is 5.56 Å². The number of carbonyl (C=O) groups excluding carboxylic acids is 1. The van der Waals surface area contributed by atoms with E-state index in [9.17, 15) is 18.0 Å². The fraction of sp³-hybridized carbons (Fsp3) is 0.0714. The van der Waals surface area contributed by atoms with Crippen LogP contribution < -0.4 is 0 Å². The molecule has 0 aliphatic rings. The van der Waals surface area contributed by atoms with Crippen molar-refractivity contribution in [2.24, 2.45) is 0 Å². The fourth-order valence-corrected chi connectivity index (χ4v) is 2.13. The molecule has 104 valence electrons. The highest BCUT2D eigenvalue weighted by Gasteiger charge is 2.30. The second-order valence-electron chi connectivity index (χ2n) is 4.04. The van der Waals surface area contributed by atoms with Gasteiger partial charge in [-0.2, -0.15) is 13.2 Å². The lowest BCUT2D eigenvalue weighted by molar-refractivity contribution is -0.137. The van der Waals surface area contributed by atoms with Gasteiger partial charge in [-0.25, -0.2) is 0 Å². The molecule has 0 saturated heterocycles. The molecule has 6 heteroatoms. The molecule has 0 aromatic heterocycles. The molecule has 2 aromatic rings. The molecule has 0 heterocycles. The second-order valence-corrected chi connectivity index (χ2v) is 4.82. The van der Waals surface area contributed by atoms with Gasteiger partial charge in [-0.15, -0.1) is 0 Å². The maximum absolute atomic E-state index is 12.7. The van der Waals surface area contributed by atoms with Crippen LogP contribution in [0.15, 0.2) is 42.5 Å². The lowest BCUT2D eigenvalue weighted by atomic mass is 9.98. The SMILES string of the molecule is O=C(Cl)c1ccc(Cl)cc1-c1cccc(C(F)(F)F)c1. The van der Waals surface area contributed by atoms with Crippen molar-refractivity contribution >= 4 is 28.4 Å². The number of halogens is 5. The first-order chi connectivity index (χ1) is 9.29. The van der Waals surface area contributed by atoms with Crippen LogP contribution in [-0.2, 0) is 6.18 Å². The summed E-state index contributed by atoms with van der Waals surface area (Å²) in [5.41, 5.74) is -0.201. The highest BCUT2D eigenvalue weighted by molar-refractivity contribution is 6.68. The van der Waals surface area contributed by atoms with Crippen LogP contribution in [0.1, 0.15) is 15.9 Å². The van der Waals surface area contributed by atoms with E-state index in [1.165, 1.54) is 30.3 Å². The zero-order chi connectivity index (χ0) is 14.9. The van der Waals surface area contributed by atoms with Crippen molar-refractivity contribution in [3.05, 3.63) is 58.6 Å². The van der Waals surface area contributed by atoms with Gasteiger partial charge in [-0.1, -0.05) is 23.7 Å². The number of hydrogen-bond donors (Lipinski definition) is 0. The number of benzene rings is 2. The molecule has 0 atom stereocenters. The van der Waals surface area contributed by atoms with Gasteiger partial charge in [0.25, 0.3) is 5.24 Å². The molecular formula is C14H7Cl2F3O. The average molecular weight is 319 g/mol. The van der Waals surface area contributed by atoms with Gasteiger partial charge in [0.1, 0.15) is 0 Å². The molecular weight excluding hydrogens is 312 g/mol. The molecule has 1 nitrogen and oxygen atoms in total. The number of hydrogen-bond acceptors (Lipinski definition) is 1. The van der Waals surface area contributed by atoms with Crippen LogP contribution in [0.2, 0.25) is 5.02 Å². The van der Waals surface area contributed by atoms with Gasteiger partial charge in [0, 0.05) is 10.6 Å². The van der Waals surface area contributed by atoms with Crippen LogP contribution >= 0.6 is 23.2 Å². The first-order valence-electron chi connectivity index (χ1n) is 5.46. The third-order valence-corrected chi connectivity index (χ3v) is 3.13. The lowest BCUT2D eigenvalue weighted by Gasteiger charge is -2.11. The summed E-state index contributed by atoms with van der Waals surface area (Å²) in [5.74, 6) is 0. The van der Waals surface area contributed by atoms with Gasteiger partial charge >= 0.3 is 6.18 Å². The lowest BCUT2D eigenvalue weighted by Crippen LogP contribution is -2.05. The Balaban J connectivity index is 2.62. The minimum Gasteiger partial charge on any atom is -0.276 e. The van der Waals surface area contributed by atoms with E-state index < -0.39 is 17.0 Å². The monoisotopic (exact) mass is 318 g/mol. The minimum absolute atomic E-state index is 0.107. The van der Waals surface area contributed by atoms with E-state index in [0.29, 0.717) is 5.02 Å². The standard InChI is InChI=1S/C14H7Cl2F3O/c15-10-4-5-11(13(16)20)12(7-10)8-2-1-3-9(6-8)14(17,18)19/h1-7H. The Hall–Kier alpha value is -1.52. The first-order valence-corrected chi connectivity index (χ1v) is 6.21. The molecule has 0 saturated carbocycles. The van der Waals surface area contributed by atoms with Crippen molar-refractivity contribution < 1.29 is 18.0 Å². The summed E-state index contributed by atoms with van der Waals surface area (Å²) in [6.07, 6.45) is -4.46. The predicted octanol–water partition coefficient (Wildman–Crippen LogP) is 5.40. The average Bonchev–Trinajstić information content (AvgIpc) is 2.37. The van der Waals surface area contributed by atoms with Crippen LogP contribution in [0.3, 0.4) is 0 Å². The van der Waals surface area contributed by atoms with E-state index in [1.54, 1.807) is 0 Å². The molecule has 0 unspecified atom stereocenters. The second kappa shape index (κ2) is 5.46. The molecule has 2 aromatic carbocycles. The maximum atomic E-state index is 12.7. The van der Waals surface area contributed by atoms with Crippen molar-refractivity contribution in [2.75, 3.05) is 0 Å². The topological polar surface area (TPSA) is 17.1 Å². The molecule has 0 aliphatic carbocycles. The van der Waals surface area contributed by atoms with Gasteiger partial charge in [0.2, 0.25) is 0 Å². The van der Waals surface area contributed by atoms with E-state index in [4.69, 9.17) is 23.2 Å². The summed E-state index contributed by atoms with van der Waals surface area (Å²) in [5, 5.41) is -0.451. The number of alkyl halides is 3. The molecule has 2 rings (SSSR count). The molecule has 0 bridgehead atoms. The molecule has 0 radical (unpaired) electrons. The quantitative estimate of drug-likeness (QED) is 0.677. The van der Waals surface area contributed by atoms with E-state index in [2.05, 4.69) is 0 Å². The van der Waals surface area contributed by atoms with Gasteiger partial charge in [0.15, 0.2) is 0 Å². The first kappa shape index (κ1) is 14.9. The summed E-state index contributed by atoms with van der Waals surface area (Å²) >= 11 is 11.3. The normalized spacial score (nSPS) is 11.4. The van der Waals surface area contributed by atoms with Crippen molar-refractivity contribution in [3.8, 4) is 11.1 Å².